The van der Waals surface area contributed by atoms with Crippen LogP contribution in [-0.4, -0.2) is 108 Å². The van der Waals surface area contributed by atoms with E-state index in [1.54, 1.807) is 6.08 Å². The molecule has 9 N–H and O–H groups in total. The van der Waals surface area contributed by atoms with E-state index in [9.17, 15) is 50.0 Å². The second-order valence-electron chi connectivity index (χ2n) is 16.1. The summed E-state index contributed by atoms with van der Waals surface area (Å²) < 4.78 is 22.8. The minimum atomic E-state index is -5.15. The first kappa shape index (κ1) is 54.5. The molecule has 0 heterocycles. The van der Waals surface area contributed by atoms with Gasteiger partial charge in [0.1, 0.15) is 36.6 Å². The number of amides is 1. The minimum absolute atomic E-state index is 0.254. The van der Waals surface area contributed by atoms with Crippen LogP contribution < -0.4 is 5.32 Å². The van der Waals surface area contributed by atoms with Gasteiger partial charge in [0.25, 0.3) is 0 Å². The van der Waals surface area contributed by atoms with Crippen LogP contribution in [0.25, 0.3) is 0 Å². The Morgan fingerprint density at radius 3 is 1.50 bits per heavy atom. The van der Waals surface area contributed by atoms with Gasteiger partial charge in [0, 0.05) is 0 Å². The second kappa shape index (κ2) is 34.1. The van der Waals surface area contributed by atoms with Crippen molar-refractivity contribution in [1.29, 1.82) is 0 Å². The molecular weight excluding hydrogens is 765 g/mol. The zero-order chi connectivity index (χ0) is 43.0. The average molecular weight is 848 g/mol. The number of aliphatic hydroxyl groups excluding tert-OH is 7. The lowest BCUT2D eigenvalue weighted by atomic mass is 9.85. The highest BCUT2D eigenvalue weighted by molar-refractivity contribution is 7.47. The van der Waals surface area contributed by atoms with Gasteiger partial charge in [-0.15, -0.1) is 0 Å². The van der Waals surface area contributed by atoms with Gasteiger partial charge in [0.15, 0.2) is 0 Å². The molecule has 0 radical (unpaired) electrons. The molecule has 0 aromatic rings. The average Bonchev–Trinajstić information content (AvgIpc) is 3.19. The Morgan fingerprint density at radius 1 is 0.603 bits per heavy atom. The molecule has 14 heteroatoms. The first-order valence-electron chi connectivity index (χ1n) is 22.5. The third-order valence-corrected chi connectivity index (χ3v) is 11.7. The number of carbonyl (C=O) groups excluding carboxylic acids is 1. The quantitative estimate of drug-likeness (QED) is 0.0177. The predicted molar refractivity (Wildman–Crippen MR) is 229 cm³/mol. The van der Waals surface area contributed by atoms with Crippen molar-refractivity contribution < 1.29 is 59.0 Å². The molecule has 0 aromatic heterocycles. The number of carbonyl (C=O) groups is 1. The fraction of sp³-hybridized carbons (Fsp3) is 0.841. The molecule has 0 bridgehead atoms. The zero-order valence-electron chi connectivity index (χ0n) is 35.7. The second-order valence-corrected chi connectivity index (χ2v) is 17.5. The van der Waals surface area contributed by atoms with Crippen LogP contribution in [0.3, 0.4) is 0 Å². The fourth-order valence-electron chi connectivity index (χ4n) is 6.96. The van der Waals surface area contributed by atoms with Crippen LogP contribution in [0.5, 0.6) is 0 Å². The van der Waals surface area contributed by atoms with Gasteiger partial charge in [-0.2, -0.15) is 0 Å². The van der Waals surface area contributed by atoms with E-state index in [2.05, 4.69) is 37.4 Å². The molecule has 0 aromatic carbocycles. The Labute approximate surface area is 349 Å². The molecule has 1 amide bonds. The zero-order valence-corrected chi connectivity index (χ0v) is 36.6. The number of hydrogen-bond donors (Lipinski definition) is 9. The topological polar surface area (TPSA) is 226 Å². The van der Waals surface area contributed by atoms with E-state index >= 15 is 0 Å². The Kier molecular flexibility index (Phi) is 32.1. The Hall–Kier alpha value is -1.48. The molecule has 1 aliphatic carbocycles. The van der Waals surface area contributed by atoms with Crippen LogP contribution in [0.1, 0.15) is 174 Å². The number of nitrogens with one attached hydrogen (secondary N) is 1. The van der Waals surface area contributed by atoms with Crippen LogP contribution in [0.15, 0.2) is 36.5 Å². The summed E-state index contributed by atoms with van der Waals surface area (Å²) in [6, 6.07) is -1.26. The maximum Gasteiger partial charge on any atom is 0.472 e. The lowest BCUT2D eigenvalue weighted by Crippen LogP contribution is -2.64. The molecule has 1 rings (SSSR count). The van der Waals surface area contributed by atoms with Crippen LogP contribution >= 0.6 is 7.82 Å². The molecule has 13 nitrogen and oxygen atoms in total. The summed E-state index contributed by atoms with van der Waals surface area (Å²) >= 11 is 0. The van der Waals surface area contributed by atoms with Crippen molar-refractivity contribution in [1.82, 2.24) is 5.32 Å². The Bertz CT molecular complexity index is 1140. The molecule has 0 aliphatic heterocycles. The van der Waals surface area contributed by atoms with Crippen LogP contribution in [-0.2, 0) is 18.4 Å². The SMILES string of the molecule is CCCC/C=C/CC/C=C/CC/C=C/C(O)C(COP(=O)(O)OC1C(O)C(O)C(O)C(O)C1O)NC(=O)CC(O)CCCCCCCCCCCCCCCCCC. The number of allylic oxidation sites excluding steroid dienone is 5. The van der Waals surface area contributed by atoms with Crippen LogP contribution in [0.4, 0.5) is 0 Å². The van der Waals surface area contributed by atoms with Crippen LogP contribution in [0, 0.1) is 0 Å². The van der Waals surface area contributed by atoms with Gasteiger partial charge in [-0.25, -0.2) is 4.57 Å². The summed E-state index contributed by atoms with van der Waals surface area (Å²) in [7, 11) is -5.15. The van der Waals surface area contributed by atoms with E-state index in [-0.39, 0.29) is 6.42 Å². The van der Waals surface area contributed by atoms with E-state index < -0.39 is 75.2 Å². The third-order valence-electron chi connectivity index (χ3n) is 10.7. The molecule has 0 saturated heterocycles. The minimum Gasteiger partial charge on any atom is -0.393 e. The van der Waals surface area contributed by atoms with Crippen LogP contribution in [0.2, 0.25) is 0 Å². The summed E-state index contributed by atoms with van der Waals surface area (Å²) in [6.07, 6.45) is 23.9. The van der Waals surface area contributed by atoms with E-state index in [1.165, 1.54) is 96.0 Å². The molecule has 0 spiro atoms. The van der Waals surface area contributed by atoms with E-state index in [0.717, 1.165) is 44.9 Å². The molecule has 8 atom stereocenters. The van der Waals surface area contributed by atoms with Gasteiger partial charge < -0.3 is 46.0 Å². The number of rotatable bonds is 36. The molecule has 8 unspecified atom stereocenters. The summed E-state index contributed by atoms with van der Waals surface area (Å²) in [5, 5.41) is 74.3. The third kappa shape index (κ3) is 26.0. The van der Waals surface area contributed by atoms with Gasteiger partial charge in [0.05, 0.1) is 31.3 Å². The molecule has 1 fully saturated rings. The smallest absolute Gasteiger partial charge is 0.393 e. The lowest BCUT2D eigenvalue weighted by Gasteiger charge is -2.41. The maximum atomic E-state index is 13.0. The molecule has 1 saturated carbocycles. The van der Waals surface area contributed by atoms with Gasteiger partial charge in [-0.3, -0.25) is 13.8 Å². The summed E-state index contributed by atoms with van der Waals surface area (Å²) in [6.45, 7) is 3.66. The monoisotopic (exact) mass is 848 g/mol. The normalized spacial score (nSPS) is 24.1. The lowest BCUT2D eigenvalue weighted by molar-refractivity contribution is -0.220. The van der Waals surface area contributed by atoms with E-state index in [4.69, 9.17) is 9.05 Å². The van der Waals surface area contributed by atoms with E-state index in [1.807, 2.05) is 6.08 Å². The number of unbranched alkanes of at least 4 members (excludes halogenated alkanes) is 19. The first-order chi connectivity index (χ1) is 27.8. The molecule has 340 valence electrons. The summed E-state index contributed by atoms with van der Waals surface area (Å²) in [5.74, 6) is -0.608. The van der Waals surface area contributed by atoms with Crippen molar-refractivity contribution in [3.05, 3.63) is 36.5 Å². The predicted octanol–water partition coefficient (Wildman–Crippen LogP) is 6.97. The highest BCUT2D eigenvalue weighted by atomic mass is 31.2. The highest BCUT2D eigenvalue weighted by Gasteiger charge is 2.51. The number of phosphoric acid groups is 1. The largest absolute Gasteiger partial charge is 0.472 e. The van der Waals surface area contributed by atoms with Gasteiger partial charge in [0.2, 0.25) is 5.91 Å². The Balaban J connectivity index is 2.57. The van der Waals surface area contributed by atoms with Crippen molar-refractivity contribution in [2.45, 2.75) is 229 Å². The molecule has 58 heavy (non-hydrogen) atoms. The summed E-state index contributed by atoms with van der Waals surface area (Å²) in [5.41, 5.74) is 0. The van der Waals surface area contributed by atoms with Gasteiger partial charge >= 0.3 is 7.82 Å². The van der Waals surface area contributed by atoms with Crippen molar-refractivity contribution in [2.75, 3.05) is 6.61 Å². The number of hydrogen-bond acceptors (Lipinski definition) is 11. The standard InChI is InChI=1S/C44H82NO12P/c1-3-5-7-9-11-13-15-17-18-19-20-21-23-25-27-29-31-35(46)33-38(48)45-36(37(47)32-30-28-26-24-22-16-14-12-10-8-6-4-2)34-56-58(54,55)57-44-42(52)40(50)39(49)41(51)43(44)53/h10,12,22,24,30,32,35-37,39-44,46-47,49-53H,3-9,11,13-21,23,25-29,31,33-34H2,1-2H3,(H,45,48)(H,54,55)/b12-10+,24-22+,32-30+. The fourth-order valence-corrected chi connectivity index (χ4v) is 7.93. The maximum absolute atomic E-state index is 13.0. The molecule has 1 aliphatic rings. The first-order valence-corrected chi connectivity index (χ1v) is 24.0. The number of phosphoric ester groups is 1. The highest BCUT2D eigenvalue weighted by Crippen LogP contribution is 2.47. The van der Waals surface area contributed by atoms with Crippen molar-refractivity contribution >= 4 is 13.7 Å². The van der Waals surface area contributed by atoms with Gasteiger partial charge in [-0.1, -0.05) is 166 Å². The molecular formula is C44H82NO12P. The number of aliphatic hydroxyl groups is 7. The van der Waals surface area contributed by atoms with Crippen molar-refractivity contribution in [2.24, 2.45) is 0 Å². The van der Waals surface area contributed by atoms with Crippen molar-refractivity contribution in [3.8, 4) is 0 Å². The summed E-state index contributed by atoms with van der Waals surface area (Å²) in [4.78, 5) is 23.4. The van der Waals surface area contributed by atoms with E-state index in [0.29, 0.717) is 19.3 Å². The van der Waals surface area contributed by atoms with Gasteiger partial charge in [-0.05, 0) is 38.5 Å². The Morgan fingerprint density at radius 2 is 1.02 bits per heavy atom. The van der Waals surface area contributed by atoms with Crippen molar-refractivity contribution in [3.63, 3.8) is 0 Å².